The Morgan fingerprint density at radius 3 is 2.80 bits per heavy atom. The van der Waals surface area contributed by atoms with E-state index in [0.29, 0.717) is 11.5 Å². The minimum Gasteiger partial charge on any atom is -0.316 e. The van der Waals surface area contributed by atoms with E-state index in [1.165, 1.54) is 18.4 Å². The Kier molecular flexibility index (Phi) is 2.91. The molecule has 1 nitrogen and oxygen atoms in total. The summed E-state index contributed by atoms with van der Waals surface area (Å²) in [4.78, 5) is 1.62. The highest BCUT2D eigenvalue weighted by Crippen LogP contribution is 2.56. The van der Waals surface area contributed by atoms with Gasteiger partial charge in [0.2, 0.25) is 0 Å². The number of nitrogens with one attached hydrogen (secondary N) is 1. The lowest BCUT2D eigenvalue weighted by Crippen LogP contribution is -2.55. The van der Waals surface area contributed by atoms with Crippen molar-refractivity contribution in [3.05, 3.63) is 21.9 Å². The average molecular weight is 223 g/mol. The summed E-state index contributed by atoms with van der Waals surface area (Å²) in [5.41, 5.74) is 1.95. The minimum atomic E-state index is 0.463. The molecule has 1 aliphatic rings. The van der Waals surface area contributed by atoms with Crippen LogP contribution in [-0.4, -0.2) is 13.1 Å². The normalized spacial score (nSPS) is 35.2. The molecule has 0 aromatic carbocycles. The zero-order valence-corrected chi connectivity index (χ0v) is 10.9. The van der Waals surface area contributed by atoms with Gasteiger partial charge in [-0.1, -0.05) is 13.8 Å². The van der Waals surface area contributed by atoms with Gasteiger partial charge in [0.05, 0.1) is 0 Å². The first kappa shape index (κ1) is 11.2. The predicted molar refractivity (Wildman–Crippen MR) is 67.7 cm³/mol. The van der Waals surface area contributed by atoms with Crippen molar-refractivity contribution in [3.8, 4) is 0 Å². The van der Waals surface area contributed by atoms with E-state index < -0.39 is 0 Å². The van der Waals surface area contributed by atoms with Crippen molar-refractivity contribution in [1.29, 1.82) is 0 Å². The molecule has 1 heterocycles. The summed E-state index contributed by atoms with van der Waals surface area (Å²) in [7, 11) is 2.09. The highest BCUT2D eigenvalue weighted by Gasteiger charge is 2.50. The molecule has 1 aliphatic carbocycles. The van der Waals surface area contributed by atoms with Crippen LogP contribution < -0.4 is 5.32 Å². The van der Waals surface area contributed by atoms with Crippen LogP contribution in [0, 0.1) is 12.3 Å². The quantitative estimate of drug-likeness (QED) is 0.826. The molecule has 0 radical (unpaired) electrons. The Morgan fingerprint density at radius 2 is 2.33 bits per heavy atom. The molecule has 0 aliphatic heterocycles. The maximum atomic E-state index is 3.46. The molecule has 0 bridgehead atoms. The summed E-state index contributed by atoms with van der Waals surface area (Å²) < 4.78 is 0. The minimum absolute atomic E-state index is 0.463. The third-order valence-electron chi connectivity index (χ3n) is 4.39. The molecule has 3 unspecified atom stereocenters. The summed E-state index contributed by atoms with van der Waals surface area (Å²) >= 11 is 1.94. The van der Waals surface area contributed by atoms with Crippen molar-refractivity contribution in [2.45, 2.75) is 45.6 Å². The first-order valence-electron chi connectivity index (χ1n) is 5.84. The summed E-state index contributed by atoms with van der Waals surface area (Å²) in [5, 5.41) is 5.69. The van der Waals surface area contributed by atoms with Crippen LogP contribution in [0.15, 0.2) is 11.4 Å². The average Bonchev–Trinajstić information content (AvgIpc) is 2.63. The Balaban J connectivity index is 2.23. The molecule has 1 saturated carbocycles. The maximum Gasteiger partial charge on any atom is 0.0130 e. The highest BCUT2D eigenvalue weighted by molar-refractivity contribution is 7.10. The van der Waals surface area contributed by atoms with Crippen molar-refractivity contribution >= 4 is 11.3 Å². The largest absolute Gasteiger partial charge is 0.316 e. The third-order valence-corrected chi connectivity index (χ3v) is 5.52. The van der Waals surface area contributed by atoms with E-state index in [1.54, 1.807) is 4.88 Å². The SMILES string of the molecule is CCC1(C)C(NC)CC1c1sccc1C. The van der Waals surface area contributed by atoms with E-state index in [0.717, 1.165) is 5.92 Å². The van der Waals surface area contributed by atoms with E-state index in [-0.39, 0.29) is 0 Å². The second kappa shape index (κ2) is 3.91. The lowest BCUT2D eigenvalue weighted by atomic mass is 9.55. The number of rotatable bonds is 3. The molecular weight excluding hydrogens is 202 g/mol. The molecule has 1 aromatic heterocycles. The summed E-state index contributed by atoms with van der Waals surface area (Å²) in [6.07, 6.45) is 2.57. The van der Waals surface area contributed by atoms with Gasteiger partial charge in [0.15, 0.2) is 0 Å². The molecular formula is C13H21NS. The van der Waals surface area contributed by atoms with Crippen LogP contribution in [0.25, 0.3) is 0 Å². The highest BCUT2D eigenvalue weighted by atomic mass is 32.1. The molecule has 3 atom stereocenters. The van der Waals surface area contributed by atoms with E-state index in [2.05, 4.69) is 44.6 Å². The number of aryl methyl sites for hydroxylation is 1. The molecule has 0 amide bonds. The molecule has 2 rings (SSSR count). The molecule has 0 spiro atoms. The molecule has 1 fully saturated rings. The van der Waals surface area contributed by atoms with Gasteiger partial charge < -0.3 is 5.32 Å². The zero-order chi connectivity index (χ0) is 11.1. The maximum absolute atomic E-state index is 3.46. The van der Waals surface area contributed by atoms with Crippen LogP contribution in [0.1, 0.15) is 43.0 Å². The molecule has 1 N–H and O–H groups in total. The predicted octanol–water partition coefficient (Wildman–Crippen LogP) is 3.55. The number of hydrogen-bond acceptors (Lipinski definition) is 2. The van der Waals surface area contributed by atoms with E-state index in [9.17, 15) is 0 Å². The van der Waals surface area contributed by atoms with Gasteiger partial charge >= 0.3 is 0 Å². The number of hydrogen-bond donors (Lipinski definition) is 1. The smallest absolute Gasteiger partial charge is 0.0130 e. The van der Waals surface area contributed by atoms with Crippen LogP contribution in [0.5, 0.6) is 0 Å². The van der Waals surface area contributed by atoms with Crippen LogP contribution in [0.2, 0.25) is 0 Å². The Hall–Kier alpha value is -0.340. The number of thiophene rings is 1. The third kappa shape index (κ3) is 1.55. The topological polar surface area (TPSA) is 12.0 Å². The Bertz CT molecular complexity index is 344. The Morgan fingerprint density at radius 1 is 1.60 bits per heavy atom. The zero-order valence-electron chi connectivity index (χ0n) is 10.1. The van der Waals surface area contributed by atoms with Crippen LogP contribution in [0.4, 0.5) is 0 Å². The lowest BCUT2D eigenvalue weighted by molar-refractivity contribution is 0.0512. The van der Waals surface area contributed by atoms with Crippen molar-refractivity contribution in [1.82, 2.24) is 5.32 Å². The fraction of sp³-hybridized carbons (Fsp3) is 0.692. The summed E-state index contributed by atoms with van der Waals surface area (Å²) in [6.45, 7) is 7.00. The second-order valence-electron chi connectivity index (χ2n) is 4.96. The van der Waals surface area contributed by atoms with Gasteiger partial charge in [0, 0.05) is 16.8 Å². The molecule has 2 heteroatoms. The second-order valence-corrected chi connectivity index (χ2v) is 5.90. The molecule has 0 saturated heterocycles. The van der Waals surface area contributed by atoms with Gasteiger partial charge in [0.1, 0.15) is 0 Å². The van der Waals surface area contributed by atoms with E-state index in [4.69, 9.17) is 0 Å². The van der Waals surface area contributed by atoms with Crippen LogP contribution >= 0.6 is 11.3 Å². The monoisotopic (exact) mass is 223 g/mol. The molecule has 15 heavy (non-hydrogen) atoms. The molecule has 1 aromatic rings. The fourth-order valence-electron chi connectivity index (χ4n) is 2.94. The van der Waals surface area contributed by atoms with E-state index in [1.807, 2.05) is 11.3 Å². The Labute approximate surface area is 96.9 Å². The van der Waals surface area contributed by atoms with Gasteiger partial charge in [-0.2, -0.15) is 0 Å². The van der Waals surface area contributed by atoms with Gasteiger partial charge in [-0.05, 0) is 49.2 Å². The first-order chi connectivity index (χ1) is 7.13. The van der Waals surface area contributed by atoms with Gasteiger partial charge in [-0.25, -0.2) is 0 Å². The first-order valence-corrected chi connectivity index (χ1v) is 6.72. The summed E-state index contributed by atoms with van der Waals surface area (Å²) in [5.74, 6) is 0.778. The molecule has 84 valence electrons. The fourth-order valence-corrected chi connectivity index (χ4v) is 4.15. The van der Waals surface area contributed by atoms with Crippen LogP contribution in [-0.2, 0) is 0 Å². The van der Waals surface area contributed by atoms with E-state index >= 15 is 0 Å². The standard InChI is InChI=1S/C13H21NS/c1-5-13(3)10(8-11(13)14-4)12-9(2)6-7-15-12/h6-7,10-11,14H,5,8H2,1-4H3. The lowest BCUT2D eigenvalue weighted by Gasteiger charge is -2.54. The van der Waals surface area contributed by atoms with Crippen molar-refractivity contribution in [3.63, 3.8) is 0 Å². The van der Waals surface area contributed by atoms with Gasteiger partial charge in [0.25, 0.3) is 0 Å². The summed E-state index contributed by atoms with van der Waals surface area (Å²) in [6, 6.07) is 2.96. The van der Waals surface area contributed by atoms with Gasteiger partial charge in [-0.3, -0.25) is 0 Å². The van der Waals surface area contributed by atoms with Crippen molar-refractivity contribution < 1.29 is 0 Å². The van der Waals surface area contributed by atoms with Crippen molar-refractivity contribution in [2.24, 2.45) is 5.41 Å². The van der Waals surface area contributed by atoms with Crippen LogP contribution in [0.3, 0.4) is 0 Å². The van der Waals surface area contributed by atoms with Gasteiger partial charge in [-0.15, -0.1) is 11.3 Å². The van der Waals surface area contributed by atoms with Crippen molar-refractivity contribution in [2.75, 3.05) is 7.05 Å².